The highest BCUT2D eigenvalue weighted by molar-refractivity contribution is 7.38. The lowest BCUT2D eigenvalue weighted by atomic mass is 10.5. The molecule has 1 saturated heterocycles. The fraction of sp³-hybridized carbons (Fsp3) is 1.00. The standard InChI is InChI=1S/C6H14NP/c1-2-7-3-5-8-6-4-7/h8H,2-6H2,1H3. The third kappa shape index (κ3) is 1.72. The van der Waals surface area contributed by atoms with Gasteiger partial charge in [-0.15, -0.1) is 8.58 Å². The first kappa shape index (κ1) is 6.51. The van der Waals surface area contributed by atoms with E-state index in [1.54, 1.807) is 0 Å². The molecule has 0 unspecified atom stereocenters. The molecule has 0 bridgehead atoms. The molecule has 1 nitrogen and oxygen atoms in total. The van der Waals surface area contributed by atoms with Gasteiger partial charge < -0.3 is 4.90 Å². The van der Waals surface area contributed by atoms with Crippen molar-refractivity contribution in [3.05, 3.63) is 0 Å². The van der Waals surface area contributed by atoms with Gasteiger partial charge in [0.05, 0.1) is 0 Å². The molecule has 0 saturated carbocycles. The van der Waals surface area contributed by atoms with E-state index in [0.717, 1.165) is 0 Å². The van der Waals surface area contributed by atoms with Crippen molar-refractivity contribution in [1.29, 1.82) is 0 Å². The van der Waals surface area contributed by atoms with E-state index in [2.05, 4.69) is 11.8 Å². The molecule has 0 radical (unpaired) electrons. The van der Waals surface area contributed by atoms with E-state index in [0.29, 0.717) is 0 Å². The number of hydrogen-bond donors (Lipinski definition) is 0. The molecule has 1 fully saturated rings. The summed E-state index contributed by atoms with van der Waals surface area (Å²) in [6.07, 6.45) is 2.90. The SMILES string of the molecule is CCN1CCPCC1. The zero-order chi connectivity index (χ0) is 5.82. The van der Waals surface area contributed by atoms with Crippen molar-refractivity contribution in [1.82, 2.24) is 4.90 Å². The smallest absolute Gasteiger partial charge is 0.00183 e. The van der Waals surface area contributed by atoms with Crippen LogP contribution >= 0.6 is 8.58 Å². The molecule has 0 spiro atoms. The first-order valence-electron chi connectivity index (χ1n) is 3.36. The lowest BCUT2D eigenvalue weighted by molar-refractivity contribution is 0.318. The van der Waals surface area contributed by atoms with Crippen molar-refractivity contribution < 1.29 is 0 Å². The molecule has 0 aromatic carbocycles. The van der Waals surface area contributed by atoms with Crippen molar-refractivity contribution in [3.63, 3.8) is 0 Å². The Hall–Kier alpha value is 0.390. The first-order chi connectivity index (χ1) is 3.93. The Kier molecular flexibility index (Phi) is 2.78. The molecule has 1 aliphatic rings. The van der Waals surface area contributed by atoms with E-state index >= 15 is 0 Å². The number of hydrogen-bond acceptors (Lipinski definition) is 1. The molecule has 1 heterocycles. The van der Waals surface area contributed by atoms with E-state index in [9.17, 15) is 0 Å². The van der Waals surface area contributed by atoms with Gasteiger partial charge in [-0.3, -0.25) is 0 Å². The summed E-state index contributed by atoms with van der Waals surface area (Å²) in [5, 5.41) is 0. The summed E-state index contributed by atoms with van der Waals surface area (Å²) in [6, 6.07) is 0. The topological polar surface area (TPSA) is 3.24 Å². The molecular weight excluding hydrogens is 117 g/mol. The predicted octanol–water partition coefficient (Wildman–Crippen LogP) is 1.00. The maximum Gasteiger partial charge on any atom is 0.00183 e. The summed E-state index contributed by atoms with van der Waals surface area (Å²) in [5.74, 6) is 0. The van der Waals surface area contributed by atoms with Gasteiger partial charge in [-0.2, -0.15) is 0 Å². The van der Waals surface area contributed by atoms with Crippen molar-refractivity contribution >= 4 is 8.58 Å². The third-order valence-corrected chi connectivity index (χ3v) is 2.81. The Balaban J connectivity index is 2.13. The Labute approximate surface area is 53.2 Å². The highest BCUT2D eigenvalue weighted by Crippen LogP contribution is 2.14. The third-order valence-electron chi connectivity index (χ3n) is 1.66. The summed E-state index contributed by atoms with van der Waals surface area (Å²) in [4.78, 5) is 2.52. The molecule has 0 aromatic heterocycles. The van der Waals surface area contributed by atoms with Crippen LogP contribution in [0.2, 0.25) is 0 Å². The van der Waals surface area contributed by atoms with E-state index in [-0.39, 0.29) is 0 Å². The van der Waals surface area contributed by atoms with Gasteiger partial charge in [-0.05, 0) is 18.9 Å². The van der Waals surface area contributed by atoms with E-state index < -0.39 is 0 Å². The molecule has 1 rings (SSSR count). The molecule has 0 N–H and O–H groups in total. The van der Waals surface area contributed by atoms with Crippen LogP contribution in [0.25, 0.3) is 0 Å². The van der Waals surface area contributed by atoms with Gasteiger partial charge in [0, 0.05) is 13.1 Å². The predicted molar refractivity (Wildman–Crippen MR) is 40.2 cm³/mol. The fourth-order valence-electron chi connectivity index (χ4n) is 1.03. The first-order valence-corrected chi connectivity index (χ1v) is 4.78. The van der Waals surface area contributed by atoms with Gasteiger partial charge in [0.1, 0.15) is 0 Å². The Morgan fingerprint density at radius 2 is 2.00 bits per heavy atom. The van der Waals surface area contributed by atoms with Crippen LogP contribution in [0.1, 0.15) is 6.92 Å². The summed E-state index contributed by atoms with van der Waals surface area (Å²) in [5.41, 5.74) is 0. The van der Waals surface area contributed by atoms with Crippen LogP contribution in [0.5, 0.6) is 0 Å². The zero-order valence-electron chi connectivity index (χ0n) is 5.48. The van der Waals surface area contributed by atoms with Crippen molar-refractivity contribution in [2.45, 2.75) is 6.92 Å². The molecule has 0 amide bonds. The van der Waals surface area contributed by atoms with Crippen molar-refractivity contribution in [2.24, 2.45) is 0 Å². The van der Waals surface area contributed by atoms with Crippen molar-refractivity contribution in [3.8, 4) is 0 Å². The van der Waals surface area contributed by atoms with Gasteiger partial charge >= 0.3 is 0 Å². The molecule has 2 heteroatoms. The second kappa shape index (κ2) is 3.42. The van der Waals surface area contributed by atoms with Gasteiger partial charge in [0.25, 0.3) is 0 Å². The van der Waals surface area contributed by atoms with E-state index in [1.807, 2.05) is 0 Å². The number of rotatable bonds is 1. The molecule has 0 atom stereocenters. The Morgan fingerprint density at radius 1 is 1.38 bits per heavy atom. The maximum absolute atomic E-state index is 2.52. The second-order valence-corrected chi connectivity index (χ2v) is 3.68. The van der Waals surface area contributed by atoms with Crippen LogP contribution in [0, 0.1) is 0 Å². The van der Waals surface area contributed by atoms with Crippen LogP contribution in [-0.2, 0) is 0 Å². The Bertz CT molecular complexity index is 59.5. The van der Waals surface area contributed by atoms with Crippen LogP contribution < -0.4 is 0 Å². The molecule has 48 valence electrons. The quantitative estimate of drug-likeness (QED) is 0.480. The number of nitrogens with zero attached hydrogens (tertiary/aromatic N) is 1. The highest BCUT2D eigenvalue weighted by Gasteiger charge is 2.05. The van der Waals surface area contributed by atoms with Crippen molar-refractivity contribution in [2.75, 3.05) is 32.0 Å². The van der Waals surface area contributed by atoms with Crippen LogP contribution in [0.15, 0.2) is 0 Å². The van der Waals surface area contributed by atoms with Gasteiger partial charge in [0.15, 0.2) is 0 Å². The largest absolute Gasteiger partial charge is 0.303 e. The normalized spacial score (nSPS) is 23.6. The Morgan fingerprint density at radius 3 is 2.38 bits per heavy atom. The van der Waals surface area contributed by atoms with Crippen LogP contribution in [-0.4, -0.2) is 36.9 Å². The van der Waals surface area contributed by atoms with E-state index in [4.69, 9.17) is 0 Å². The molecule has 1 aliphatic heterocycles. The maximum atomic E-state index is 2.52. The monoisotopic (exact) mass is 131 g/mol. The molecule has 0 aliphatic carbocycles. The summed E-state index contributed by atoms with van der Waals surface area (Å²) in [7, 11) is 1.25. The minimum Gasteiger partial charge on any atom is -0.303 e. The molecular formula is C6H14NP. The van der Waals surface area contributed by atoms with Gasteiger partial charge in [-0.1, -0.05) is 6.92 Å². The minimum atomic E-state index is 1.25. The van der Waals surface area contributed by atoms with Crippen LogP contribution in [0.4, 0.5) is 0 Å². The molecule has 8 heavy (non-hydrogen) atoms. The summed E-state index contributed by atoms with van der Waals surface area (Å²) >= 11 is 0. The lowest BCUT2D eigenvalue weighted by Crippen LogP contribution is -2.31. The molecule has 0 aromatic rings. The van der Waals surface area contributed by atoms with Gasteiger partial charge in [0.2, 0.25) is 0 Å². The summed E-state index contributed by atoms with van der Waals surface area (Å²) in [6.45, 7) is 6.21. The average molecular weight is 131 g/mol. The van der Waals surface area contributed by atoms with Gasteiger partial charge in [-0.25, -0.2) is 0 Å². The van der Waals surface area contributed by atoms with Crippen LogP contribution in [0.3, 0.4) is 0 Å². The summed E-state index contributed by atoms with van der Waals surface area (Å²) < 4.78 is 0. The zero-order valence-corrected chi connectivity index (χ0v) is 6.48. The fourth-order valence-corrected chi connectivity index (χ4v) is 2.23. The highest BCUT2D eigenvalue weighted by atomic mass is 31.1. The lowest BCUT2D eigenvalue weighted by Gasteiger charge is -2.24. The minimum absolute atomic E-state index is 1.25. The average Bonchev–Trinajstić information content (AvgIpc) is 1.90. The second-order valence-electron chi connectivity index (χ2n) is 2.18. The van der Waals surface area contributed by atoms with E-state index in [1.165, 1.54) is 40.5 Å².